The Hall–Kier alpha value is 0.180. The molecule has 0 spiro atoms. The van der Waals surface area contributed by atoms with Crippen LogP contribution in [0.5, 0.6) is 0 Å². The number of hydrogen-bond donors (Lipinski definition) is 1. The Labute approximate surface area is 243 Å². The smallest absolute Gasteiger partial charge is 0.309 e. The van der Waals surface area contributed by atoms with E-state index in [1.54, 1.807) is 0 Å². The van der Waals surface area contributed by atoms with Crippen LogP contribution in [0.25, 0.3) is 0 Å². The molecule has 0 aromatic heterocycles. The van der Waals surface area contributed by atoms with Crippen molar-refractivity contribution in [1.29, 1.82) is 0 Å². The summed E-state index contributed by atoms with van der Waals surface area (Å²) in [5.41, 5.74) is 1.88. The molecule has 0 rings (SSSR count). The average molecular weight is 701 g/mol. The van der Waals surface area contributed by atoms with Gasteiger partial charge in [0.05, 0.1) is 11.0 Å². The number of ether oxygens (including phenoxy) is 1. The van der Waals surface area contributed by atoms with Crippen LogP contribution in [0, 0.1) is 5.41 Å². The molecule has 7 nitrogen and oxygen atoms in total. The van der Waals surface area contributed by atoms with Crippen molar-refractivity contribution in [2.24, 2.45) is 10.4 Å². The zero-order valence-electron chi connectivity index (χ0n) is 21.0. The molecule has 0 aromatic rings. The molecule has 202 valence electrons. The van der Waals surface area contributed by atoms with Crippen molar-refractivity contribution < 1.29 is 19.1 Å². The Morgan fingerprint density at radius 2 is 1.91 bits per heavy atom. The molecule has 13 heteroatoms. The monoisotopic (exact) mass is 699 g/mol. The Morgan fingerprint density at radius 3 is 2.37 bits per heavy atom. The number of nitrogens with one attached hydrogen (secondary N) is 1. The topological polar surface area (TPSA) is 88.1 Å². The average Bonchev–Trinajstić information content (AvgIpc) is 2.81. The molecule has 0 aromatic carbocycles. The molecule has 1 N–H and O–H groups in total. The largest absolute Gasteiger partial charge is 0.444 e. The molecule has 3 atom stereocenters. The van der Waals surface area contributed by atoms with Gasteiger partial charge < -0.3 is 15.0 Å². The fourth-order valence-corrected chi connectivity index (χ4v) is 7.78. The summed E-state index contributed by atoms with van der Waals surface area (Å²) in [5, 5.41) is 2.25. The van der Waals surface area contributed by atoms with Gasteiger partial charge in [0.2, 0.25) is 12.3 Å². The number of amides is 2. The molecule has 0 fully saturated rings. The lowest BCUT2D eigenvalue weighted by Gasteiger charge is -2.30. The van der Waals surface area contributed by atoms with Crippen molar-refractivity contribution in [3.8, 4) is 0 Å². The summed E-state index contributed by atoms with van der Waals surface area (Å²) in [6, 6.07) is -0.833. The first-order valence-corrected chi connectivity index (χ1v) is 18.0. The third-order valence-corrected chi connectivity index (χ3v) is 11.6. The number of allylic oxidation sites excluding steroid dienone is 2. The van der Waals surface area contributed by atoms with E-state index in [1.165, 1.54) is 13.8 Å². The van der Waals surface area contributed by atoms with Crippen LogP contribution in [-0.4, -0.2) is 58.0 Å². The summed E-state index contributed by atoms with van der Waals surface area (Å²) < 4.78 is 5.25. The van der Waals surface area contributed by atoms with E-state index in [4.69, 9.17) is 31.1 Å². The second-order valence-electron chi connectivity index (χ2n) is 8.73. The number of carbonyl (C=O) groups excluding carboxylic acids is 3. The van der Waals surface area contributed by atoms with Crippen LogP contribution in [0.2, 0.25) is 0 Å². The number of nitrogens with zero attached hydrogens (tertiary/aromatic N) is 2. The van der Waals surface area contributed by atoms with Gasteiger partial charge in [0.25, 0.3) is 0 Å². The molecule has 0 radical (unpaired) electrons. The highest BCUT2D eigenvalue weighted by Gasteiger charge is 2.31. The second kappa shape index (κ2) is 19.3. The lowest BCUT2D eigenvalue weighted by atomic mass is 9.92. The van der Waals surface area contributed by atoms with Gasteiger partial charge in [-0.1, -0.05) is 42.7 Å². The van der Waals surface area contributed by atoms with Crippen LogP contribution in [0.3, 0.4) is 0 Å². The Kier molecular flexibility index (Phi) is 19.4. The van der Waals surface area contributed by atoms with E-state index in [0.717, 1.165) is 33.4 Å². The summed E-state index contributed by atoms with van der Waals surface area (Å²) in [6.07, 6.45) is 4.45. The fraction of sp³-hybridized carbons (Fsp3) is 0.727. The quantitative estimate of drug-likeness (QED) is 0.0577. The Morgan fingerprint density at radius 1 is 1.26 bits per heavy atom. The molecule has 0 saturated heterocycles. The van der Waals surface area contributed by atoms with Crippen LogP contribution in [0.15, 0.2) is 16.8 Å². The van der Waals surface area contributed by atoms with Gasteiger partial charge in [0.15, 0.2) is 6.73 Å². The lowest BCUT2D eigenvalue weighted by molar-refractivity contribution is -0.153. The number of rotatable bonds is 17. The van der Waals surface area contributed by atoms with Crippen LogP contribution >= 0.6 is 73.5 Å². The minimum Gasteiger partial charge on any atom is -0.444 e. The SMILES string of the molecule is C/C=C(\N=C(/C)CCCN(COC(=O)CC(SCl)SI)C(=O)C(NC=O)[C@H](CC)SCl)C(C)(C)C. The van der Waals surface area contributed by atoms with Crippen molar-refractivity contribution in [1.82, 2.24) is 10.2 Å². The van der Waals surface area contributed by atoms with Gasteiger partial charge in [-0.2, -0.15) is 0 Å². The van der Waals surface area contributed by atoms with Crippen molar-refractivity contribution in [2.45, 2.75) is 83.1 Å². The highest BCUT2D eigenvalue weighted by atomic mass is 127. The fourth-order valence-electron chi connectivity index (χ4n) is 3.07. The lowest BCUT2D eigenvalue weighted by Crippen LogP contribution is -2.52. The molecule has 0 bridgehead atoms. The number of aliphatic imine (C=N–C) groups is 1. The standard InChI is InChI=1S/C22H36Cl2IN3O4S3/c1-7-16(33-23)20(26-13-29)21(31)28(14-32-18(30)12-19(34-24)35-25)11-9-10-15(3)27-17(8-2)22(4,5)6/h8,13,16,19-20H,7,9-12,14H2,1-6H3,(H,26,29)/b17-8-,27-15+/t16-,19?,20?/m0/s1. The maximum absolute atomic E-state index is 13.3. The minimum atomic E-state index is -0.833. The molecule has 2 unspecified atom stereocenters. The zero-order chi connectivity index (χ0) is 27.0. The maximum Gasteiger partial charge on any atom is 0.309 e. The predicted molar refractivity (Wildman–Crippen MR) is 162 cm³/mol. The van der Waals surface area contributed by atoms with Crippen LogP contribution in [-0.2, 0) is 19.1 Å². The van der Waals surface area contributed by atoms with E-state index in [1.807, 2.05) is 26.8 Å². The van der Waals surface area contributed by atoms with Crippen molar-refractivity contribution >= 4 is 97.5 Å². The van der Waals surface area contributed by atoms with E-state index in [-0.39, 0.29) is 34.3 Å². The first-order valence-electron chi connectivity index (χ1n) is 11.2. The van der Waals surface area contributed by atoms with E-state index >= 15 is 0 Å². The predicted octanol–water partition coefficient (Wildman–Crippen LogP) is 6.97. The zero-order valence-corrected chi connectivity index (χ0v) is 27.1. The minimum absolute atomic E-state index is 0.0657. The maximum atomic E-state index is 13.3. The summed E-state index contributed by atoms with van der Waals surface area (Å²) in [4.78, 5) is 43.0. The molecule has 0 aliphatic carbocycles. The summed E-state index contributed by atoms with van der Waals surface area (Å²) in [6.45, 7) is 12.2. The van der Waals surface area contributed by atoms with Crippen LogP contribution in [0.4, 0.5) is 0 Å². The molecule has 0 saturated carbocycles. The van der Waals surface area contributed by atoms with E-state index in [9.17, 15) is 14.4 Å². The number of halogens is 3. The van der Waals surface area contributed by atoms with Gasteiger partial charge in [-0.25, -0.2) is 0 Å². The first-order chi connectivity index (χ1) is 16.5. The van der Waals surface area contributed by atoms with Crippen molar-refractivity contribution in [3.63, 3.8) is 0 Å². The summed E-state index contributed by atoms with van der Waals surface area (Å²) >= 11 is 2.08. The number of hydrogen-bond acceptors (Lipinski definition) is 8. The summed E-state index contributed by atoms with van der Waals surface area (Å²) in [7, 11) is 15.2. The third kappa shape index (κ3) is 14.1. The molecule has 0 heterocycles. The van der Waals surface area contributed by atoms with Crippen LogP contribution in [0.1, 0.15) is 67.2 Å². The van der Waals surface area contributed by atoms with Gasteiger partial charge in [0, 0.05) is 28.6 Å². The second-order valence-corrected chi connectivity index (χ2v) is 13.9. The Balaban J connectivity index is 5.49. The molecule has 35 heavy (non-hydrogen) atoms. The van der Waals surface area contributed by atoms with E-state index in [0.29, 0.717) is 32.2 Å². The molecule has 0 aliphatic heterocycles. The molecular formula is C22H36Cl2IN3O4S3. The van der Waals surface area contributed by atoms with Gasteiger partial charge in [0.1, 0.15) is 6.04 Å². The summed E-state index contributed by atoms with van der Waals surface area (Å²) in [5.74, 6) is -0.806. The highest BCUT2D eigenvalue weighted by molar-refractivity contribution is 14.2. The van der Waals surface area contributed by atoms with Gasteiger partial charge >= 0.3 is 5.97 Å². The third-order valence-electron chi connectivity index (χ3n) is 4.95. The first kappa shape index (κ1) is 35.2. The van der Waals surface area contributed by atoms with Gasteiger partial charge in [-0.05, 0) is 97.6 Å². The number of esters is 1. The highest BCUT2D eigenvalue weighted by Crippen LogP contribution is 2.34. The van der Waals surface area contributed by atoms with Crippen molar-refractivity contribution in [3.05, 3.63) is 11.8 Å². The van der Waals surface area contributed by atoms with Crippen molar-refractivity contribution in [2.75, 3.05) is 13.3 Å². The van der Waals surface area contributed by atoms with E-state index < -0.39 is 12.0 Å². The normalized spacial score (nSPS) is 15.2. The molecule has 2 amide bonds. The molecular weight excluding hydrogens is 664 g/mol. The number of carbonyl (C=O) groups is 3. The van der Waals surface area contributed by atoms with Crippen LogP contribution < -0.4 is 5.32 Å². The van der Waals surface area contributed by atoms with Gasteiger partial charge in [-0.15, -0.1) is 0 Å². The van der Waals surface area contributed by atoms with E-state index in [2.05, 4.69) is 47.3 Å². The Bertz CT molecular complexity index is 731. The van der Waals surface area contributed by atoms with Gasteiger partial charge in [-0.3, -0.25) is 19.4 Å². The molecule has 0 aliphatic rings.